The van der Waals surface area contributed by atoms with Gasteiger partial charge in [-0.2, -0.15) is 0 Å². The summed E-state index contributed by atoms with van der Waals surface area (Å²) in [7, 11) is -0.328. The summed E-state index contributed by atoms with van der Waals surface area (Å²) in [6.07, 6.45) is 4.32. The van der Waals surface area contributed by atoms with E-state index in [4.69, 9.17) is 4.74 Å². The maximum absolute atomic E-state index is 11.4. The van der Waals surface area contributed by atoms with Crippen molar-refractivity contribution in [2.45, 2.75) is 25.1 Å². The van der Waals surface area contributed by atoms with Crippen molar-refractivity contribution in [3.05, 3.63) is 78.4 Å². The summed E-state index contributed by atoms with van der Waals surface area (Å²) >= 11 is 0. The largest absolute Gasteiger partial charge is 0.466 e. The fourth-order valence-electron chi connectivity index (χ4n) is 2.97. The Morgan fingerprint density at radius 3 is 2.17 bits per heavy atom. The lowest BCUT2D eigenvalue weighted by Gasteiger charge is -2.33. The first-order valence-electron chi connectivity index (χ1n) is 7.90. The summed E-state index contributed by atoms with van der Waals surface area (Å²) in [6.45, 7) is 4.79. The molecule has 120 valence electrons. The van der Waals surface area contributed by atoms with Gasteiger partial charge in [-0.15, -0.1) is 0 Å². The zero-order valence-corrected chi connectivity index (χ0v) is 15.0. The van der Waals surface area contributed by atoms with Crippen molar-refractivity contribution in [3.8, 4) is 0 Å². The smallest absolute Gasteiger partial charge is 0.330 e. The molecule has 23 heavy (non-hydrogen) atoms. The lowest BCUT2D eigenvalue weighted by molar-refractivity contribution is -0.134. The van der Waals surface area contributed by atoms with E-state index in [0.29, 0.717) is 5.54 Å². The normalized spacial score (nSPS) is 13.0. The fraction of sp³-hybridized carbons (Fsp3) is 0.250. The third-order valence-electron chi connectivity index (χ3n) is 4.42. The van der Waals surface area contributed by atoms with E-state index in [1.54, 1.807) is 0 Å². The van der Waals surface area contributed by atoms with Crippen molar-refractivity contribution < 1.29 is 9.53 Å². The summed E-state index contributed by atoms with van der Waals surface area (Å²) in [5.41, 5.74) is 1.74. The Morgan fingerprint density at radius 1 is 1.04 bits per heavy atom. The molecule has 0 saturated heterocycles. The molecule has 2 rings (SSSR count). The van der Waals surface area contributed by atoms with Gasteiger partial charge in [-0.1, -0.05) is 85.0 Å². The molecule has 0 aliphatic carbocycles. The van der Waals surface area contributed by atoms with Crippen molar-refractivity contribution in [1.82, 2.24) is 0 Å². The summed E-state index contributed by atoms with van der Waals surface area (Å²) in [5, 5.41) is 1.43. The number of allylic oxidation sites excluding steroid dienone is 1. The number of hydrogen-bond acceptors (Lipinski definition) is 2. The number of carbonyl (C=O) groups excluding carboxylic acids is 1. The standard InChI is InChI=1S/C20H24O2Si/c1-22-20(21)16-10-15-19(17-11-6-4-7-12-17)23(2,3)18-13-8-5-9-14-18/h4-14,16,19H,15H2,1-3H3/b16-10-. The van der Waals surface area contributed by atoms with E-state index in [1.807, 2.05) is 12.1 Å². The lowest BCUT2D eigenvalue weighted by atomic mass is 10.1. The van der Waals surface area contributed by atoms with Crippen molar-refractivity contribution in [1.29, 1.82) is 0 Å². The van der Waals surface area contributed by atoms with Crippen molar-refractivity contribution in [2.24, 2.45) is 0 Å². The van der Waals surface area contributed by atoms with Crippen LogP contribution in [0, 0.1) is 0 Å². The quantitative estimate of drug-likeness (QED) is 0.455. The Morgan fingerprint density at radius 2 is 1.61 bits per heavy atom. The molecular formula is C20H24O2Si. The van der Waals surface area contributed by atoms with Gasteiger partial charge in [-0.25, -0.2) is 4.79 Å². The summed E-state index contributed by atoms with van der Waals surface area (Å²) in [5.74, 6) is -0.295. The molecule has 0 N–H and O–H groups in total. The molecule has 2 aromatic carbocycles. The van der Waals surface area contributed by atoms with Gasteiger partial charge in [0.15, 0.2) is 0 Å². The molecule has 2 aromatic rings. The highest BCUT2D eigenvalue weighted by molar-refractivity contribution is 6.90. The predicted octanol–water partition coefficient (Wildman–Crippen LogP) is 4.04. The average molecular weight is 324 g/mol. The number of esters is 1. The molecule has 0 aromatic heterocycles. The van der Waals surface area contributed by atoms with Gasteiger partial charge in [0.25, 0.3) is 0 Å². The summed E-state index contributed by atoms with van der Waals surface area (Å²) < 4.78 is 4.69. The maximum atomic E-state index is 11.4. The van der Waals surface area contributed by atoms with E-state index in [-0.39, 0.29) is 5.97 Å². The fourth-order valence-corrected chi connectivity index (χ4v) is 6.18. The molecule has 3 heteroatoms. The van der Waals surface area contributed by atoms with Crippen LogP contribution in [0.2, 0.25) is 13.1 Å². The highest BCUT2D eigenvalue weighted by Gasteiger charge is 2.33. The molecule has 0 aliphatic heterocycles. The second kappa shape index (κ2) is 7.93. The van der Waals surface area contributed by atoms with Crippen LogP contribution in [-0.4, -0.2) is 21.2 Å². The molecule has 1 atom stereocenters. The van der Waals surface area contributed by atoms with Crippen LogP contribution >= 0.6 is 0 Å². The highest BCUT2D eigenvalue weighted by Crippen LogP contribution is 2.30. The van der Waals surface area contributed by atoms with Crippen LogP contribution in [0.4, 0.5) is 0 Å². The molecule has 0 bridgehead atoms. The van der Waals surface area contributed by atoms with Crippen molar-refractivity contribution >= 4 is 19.2 Å². The SMILES string of the molecule is COC(=O)/C=C\CC(c1ccccc1)[Si](C)(C)c1ccccc1. The Kier molecular flexibility index (Phi) is 5.94. The van der Waals surface area contributed by atoms with Gasteiger partial charge in [-0.3, -0.25) is 0 Å². The van der Waals surface area contributed by atoms with Crippen LogP contribution in [0.25, 0.3) is 0 Å². The van der Waals surface area contributed by atoms with E-state index in [9.17, 15) is 4.79 Å². The van der Waals surface area contributed by atoms with Gasteiger partial charge in [0.05, 0.1) is 15.2 Å². The molecule has 2 nitrogen and oxygen atoms in total. The Bertz CT molecular complexity index is 648. The zero-order chi connectivity index (χ0) is 16.7. The molecule has 0 amide bonds. The van der Waals surface area contributed by atoms with Gasteiger partial charge >= 0.3 is 5.97 Å². The Labute approximate surface area is 139 Å². The number of benzene rings is 2. The van der Waals surface area contributed by atoms with E-state index < -0.39 is 8.07 Å². The first-order valence-corrected chi connectivity index (χ1v) is 11.0. The Hall–Kier alpha value is -2.13. The third-order valence-corrected chi connectivity index (χ3v) is 8.55. The van der Waals surface area contributed by atoms with Gasteiger partial charge in [0.2, 0.25) is 0 Å². The molecule has 0 aliphatic rings. The average Bonchev–Trinajstić information content (AvgIpc) is 2.59. The highest BCUT2D eigenvalue weighted by atomic mass is 28.3. The van der Waals surface area contributed by atoms with Crippen LogP contribution in [-0.2, 0) is 9.53 Å². The van der Waals surface area contributed by atoms with Crippen molar-refractivity contribution in [3.63, 3.8) is 0 Å². The van der Waals surface area contributed by atoms with Gasteiger partial charge in [0, 0.05) is 6.08 Å². The molecular weight excluding hydrogens is 300 g/mol. The van der Waals surface area contributed by atoms with Gasteiger partial charge in [0.1, 0.15) is 0 Å². The minimum absolute atomic E-state index is 0.295. The lowest BCUT2D eigenvalue weighted by Crippen LogP contribution is -2.47. The Balaban J connectivity index is 2.33. The molecule has 0 heterocycles. The van der Waals surface area contributed by atoms with Crippen LogP contribution in [0.3, 0.4) is 0 Å². The minimum Gasteiger partial charge on any atom is -0.466 e. The minimum atomic E-state index is -1.74. The zero-order valence-electron chi connectivity index (χ0n) is 14.0. The summed E-state index contributed by atoms with van der Waals surface area (Å²) in [4.78, 5) is 11.4. The van der Waals surface area contributed by atoms with Crippen LogP contribution in [0.1, 0.15) is 17.5 Å². The van der Waals surface area contributed by atoms with Gasteiger partial charge < -0.3 is 4.74 Å². The molecule has 1 unspecified atom stereocenters. The van der Waals surface area contributed by atoms with Crippen LogP contribution in [0.15, 0.2) is 72.8 Å². The molecule has 0 fully saturated rings. The number of carbonyl (C=O) groups is 1. The molecule has 0 radical (unpaired) electrons. The second-order valence-corrected chi connectivity index (χ2v) is 10.9. The second-order valence-electron chi connectivity index (χ2n) is 6.21. The number of methoxy groups -OCH3 is 1. The number of hydrogen-bond donors (Lipinski definition) is 0. The van der Waals surface area contributed by atoms with Crippen LogP contribution < -0.4 is 5.19 Å². The van der Waals surface area contributed by atoms with E-state index >= 15 is 0 Å². The predicted molar refractivity (Wildman–Crippen MR) is 98.5 cm³/mol. The topological polar surface area (TPSA) is 26.3 Å². The van der Waals surface area contributed by atoms with E-state index in [2.05, 4.69) is 67.7 Å². The van der Waals surface area contributed by atoms with Crippen LogP contribution in [0.5, 0.6) is 0 Å². The van der Waals surface area contributed by atoms with Gasteiger partial charge in [-0.05, 0) is 17.5 Å². The van der Waals surface area contributed by atoms with E-state index in [1.165, 1.54) is 23.9 Å². The molecule has 0 spiro atoms. The maximum Gasteiger partial charge on any atom is 0.330 e. The number of rotatable bonds is 6. The first kappa shape index (κ1) is 17.2. The summed E-state index contributed by atoms with van der Waals surface area (Å²) in [6, 6.07) is 21.3. The van der Waals surface area contributed by atoms with E-state index in [0.717, 1.165) is 6.42 Å². The third kappa shape index (κ3) is 4.42. The molecule has 0 saturated carbocycles. The monoisotopic (exact) mass is 324 g/mol. The first-order chi connectivity index (χ1) is 11.1. The number of ether oxygens (including phenoxy) is 1. The van der Waals surface area contributed by atoms with Crippen molar-refractivity contribution in [2.75, 3.05) is 7.11 Å².